The van der Waals surface area contributed by atoms with Crippen LogP contribution in [0.3, 0.4) is 0 Å². The summed E-state index contributed by atoms with van der Waals surface area (Å²) >= 11 is 0. The normalized spacial score (nSPS) is 42.9. The first-order valence-corrected chi connectivity index (χ1v) is 7.28. The second-order valence-corrected chi connectivity index (χ2v) is 6.29. The van der Waals surface area contributed by atoms with Gasteiger partial charge in [-0.15, -0.1) is 0 Å². The molecule has 4 N–H and O–H groups in total. The van der Waals surface area contributed by atoms with Crippen LogP contribution in [-0.2, 0) is 0 Å². The Labute approximate surface area is 105 Å². The number of aliphatic hydroxyl groups is 1. The van der Waals surface area contributed by atoms with Gasteiger partial charge < -0.3 is 16.2 Å². The molecule has 0 aromatic rings. The zero-order chi connectivity index (χ0) is 12.3. The number of nitrogens with one attached hydrogen (secondary N) is 1. The van der Waals surface area contributed by atoms with Crippen molar-refractivity contribution in [2.75, 3.05) is 13.2 Å². The molecule has 0 aliphatic heterocycles. The maximum atomic E-state index is 9.39. The average molecular weight is 240 g/mol. The molecular formula is C14H28N2O. The summed E-state index contributed by atoms with van der Waals surface area (Å²) < 4.78 is 0. The smallest absolute Gasteiger partial charge is 0.0474 e. The van der Waals surface area contributed by atoms with Crippen LogP contribution >= 0.6 is 0 Å². The van der Waals surface area contributed by atoms with Crippen LogP contribution in [0, 0.1) is 11.8 Å². The molecule has 3 nitrogen and oxygen atoms in total. The van der Waals surface area contributed by atoms with Crippen LogP contribution in [0.4, 0.5) is 0 Å². The van der Waals surface area contributed by atoms with Crippen LogP contribution < -0.4 is 11.1 Å². The summed E-state index contributed by atoms with van der Waals surface area (Å²) in [5, 5.41) is 13.2. The van der Waals surface area contributed by atoms with Crippen molar-refractivity contribution in [2.24, 2.45) is 17.6 Å². The zero-order valence-electron chi connectivity index (χ0n) is 11.1. The maximum absolute atomic E-state index is 9.39. The van der Waals surface area contributed by atoms with E-state index >= 15 is 0 Å². The van der Waals surface area contributed by atoms with E-state index in [4.69, 9.17) is 5.73 Å². The summed E-state index contributed by atoms with van der Waals surface area (Å²) in [5.41, 5.74) is 6.19. The Morgan fingerprint density at radius 3 is 2.53 bits per heavy atom. The van der Waals surface area contributed by atoms with E-state index in [0.29, 0.717) is 18.6 Å². The zero-order valence-corrected chi connectivity index (χ0v) is 11.1. The fourth-order valence-corrected chi connectivity index (χ4v) is 3.56. The first kappa shape index (κ1) is 13.3. The van der Waals surface area contributed by atoms with Crippen LogP contribution in [-0.4, -0.2) is 29.8 Å². The second kappa shape index (κ2) is 5.68. The summed E-state index contributed by atoms with van der Waals surface area (Å²) in [6.45, 7) is 3.41. The van der Waals surface area contributed by atoms with Gasteiger partial charge in [0.2, 0.25) is 0 Å². The molecule has 17 heavy (non-hydrogen) atoms. The third-order valence-corrected chi connectivity index (χ3v) is 5.01. The van der Waals surface area contributed by atoms with Crippen LogP contribution in [0.1, 0.15) is 51.9 Å². The molecule has 2 atom stereocenters. The monoisotopic (exact) mass is 240 g/mol. The molecule has 0 bridgehead atoms. The van der Waals surface area contributed by atoms with Gasteiger partial charge in [0, 0.05) is 24.7 Å². The van der Waals surface area contributed by atoms with E-state index in [0.717, 1.165) is 12.5 Å². The Morgan fingerprint density at radius 1 is 1.24 bits per heavy atom. The summed E-state index contributed by atoms with van der Waals surface area (Å²) in [5.74, 6) is 1.31. The fraction of sp³-hybridized carbons (Fsp3) is 1.00. The van der Waals surface area contributed by atoms with Gasteiger partial charge in [0.1, 0.15) is 0 Å². The van der Waals surface area contributed by atoms with Crippen molar-refractivity contribution in [3.8, 4) is 0 Å². The third-order valence-electron chi connectivity index (χ3n) is 5.01. The number of nitrogens with two attached hydrogens (primary N) is 1. The van der Waals surface area contributed by atoms with Crippen molar-refractivity contribution < 1.29 is 5.11 Å². The molecule has 2 unspecified atom stereocenters. The molecule has 0 heterocycles. The molecular weight excluding hydrogens is 212 g/mol. The Balaban J connectivity index is 1.94. The van der Waals surface area contributed by atoms with Crippen molar-refractivity contribution >= 4 is 0 Å². The molecule has 2 saturated carbocycles. The van der Waals surface area contributed by atoms with Gasteiger partial charge in [-0.2, -0.15) is 0 Å². The number of rotatable bonds is 4. The first-order chi connectivity index (χ1) is 8.19. The molecule has 2 fully saturated rings. The summed E-state index contributed by atoms with van der Waals surface area (Å²) in [6, 6.07) is 0.497. The number of hydrogen-bond donors (Lipinski definition) is 3. The molecule has 0 radical (unpaired) electrons. The highest BCUT2D eigenvalue weighted by atomic mass is 16.3. The van der Waals surface area contributed by atoms with E-state index in [1.54, 1.807) is 0 Å². The SMILES string of the molecule is CC1CCC(CN)(NC2CCCC2CO)CC1. The molecule has 100 valence electrons. The standard InChI is InChI=1S/C14H28N2O/c1-11-5-7-14(10-15,8-6-11)16-13-4-2-3-12(13)9-17/h11-13,16-17H,2-10,15H2,1H3. The Kier molecular flexibility index (Phi) is 4.45. The van der Waals surface area contributed by atoms with Gasteiger partial charge >= 0.3 is 0 Å². The van der Waals surface area contributed by atoms with Gasteiger partial charge in [0.05, 0.1) is 0 Å². The first-order valence-electron chi connectivity index (χ1n) is 7.28. The highest BCUT2D eigenvalue weighted by Crippen LogP contribution is 2.34. The number of aliphatic hydroxyl groups excluding tert-OH is 1. The fourth-order valence-electron chi connectivity index (χ4n) is 3.56. The van der Waals surface area contributed by atoms with Gasteiger partial charge in [0.15, 0.2) is 0 Å². The van der Waals surface area contributed by atoms with E-state index < -0.39 is 0 Å². The lowest BCUT2D eigenvalue weighted by molar-refractivity contribution is 0.144. The summed E-state index contributed by atoms with van der Waals surface area (Å²) in [6.07, 6.45) is 8.63. The van der Waals surface area contributed by atoms with Crippen LogP contribution in [0.15, 0.2) is 0 Å². The van der Waals surface area contributed by atoms with Crippen LogP contribution in [0.2, 0.25) is 0 Å². The van der Waals surface area contributed by atoms with Gasteiger partial charge in [-0.05, 0) is 50.4 Å². The van der Waals surface area contributed by atoms with Crippen LogP contribution in [0.25, 0.3) is 0 Å². The van der Waals surface area contributed by atoms with Gasteiger partial charge in [-0.25, -0.2) is 0 Å². The van der Waals surface area contributed by atoms with Gasteiger partial charge in [-0.1, -0.05) is 13.3 Å². The van der Waals surface area contributed by atoms with E-state index in [-0.39, 0.29) is 5.54 Å². The lowest BCUT2D eigenvalue weighted by Gasteiger charge is -2.42. The minimum absolute atomic E-state index is 0.162. The maximum Gasteiger partial charge on any atom is 0.0474 e. The molecule has 0 amide bonds. The van der Waals surface area contributed by atoms with E-state index in [1.165, 1.54) is 44.9 Å². The van der Waals surface area contributed by atoms with Crippen molar-refractivity contribution in [1.82, 2.24) is 5.32 Å². The molecule has 2 aliphatic carbocycles. The number of hydrogen-bond acceptors (Lipinski definition) is 3. The van der Waals surface area contributed by atoms with Gasteiger partial charge in [-0.3, -0.25) is 0 Å². The molecule has 2 aliphatic rings. The van der Waals surface area contributed by atoms with E-state index in [2.05, 4.69) is 12.2 Å². The minimum atomic E-state index is 0.162. The Morgan fingerprint density at radius 2 is 1.94 bits per heavy atom. The average Bonchev–Trinajstić information content (AvgIpc) is 2.79. The van der Waals surface area contributed by atoms with Crippen molar-refractivity contribution in [2.45, 2.75) is 63.5 Å². The van der Waals surface area contributed by atoms with Crippen LogP contribution in [0.5, 0.6) is 0 Å². The largest absolute Gasteiger partial charge is 0.396 e. The highest BCUT2D eigenvalue weighted by Gasteiger charge is 2.37. The lowest BCUT2D eigenvalue weighted by Crippen LogP contribution is -2.57. The van der Waals surface area contributed by atoms with Gasteiger partial charge in [0.25, 0.3) is 0 Å². The van der Waals surface area contributed by atoms with Crippen molar-refractivity contribution in [1.29, 1.82) is 0 Å². The topological polar surface area (TPSA) is 58.3 Å². The van der Waals surface area contributed by atoms with Crippen molar-refractivity contribution in [3.05, 3.63) is 0 Å². The van der Waals surface area contributed by atoms with Crippen molar-refractivity contribution in [3.63, 3.8) is 0 Å². The quantitative estimate of drug-likeness (QED) is 0.700. The molecule has 0 aromatic carbocycles. The highest BCUT2D eigenvalue weighted by molar-refractivity contribution is 4.97. The van der Waals surface area contributed by atoms with E-state index in [9.17, 15) is 5.11 Å². The summed E-state index contributed by atoms with van der Waals surface area (Å²) in [7, 11) is 0. The molecule has 0 spiro atoms. The van der Waals surface area contributed by atoms with E-state index in [1.807, 2.05) is 0 Å². The second-order valence-electron chi connectivity index (χ2n) is 6.29. The minimum Gasteiger partial charge on any atom is -0.396 e. The lowest BCUT2D eigenvalue weighted by atomic mass is 9.76. The molecule has 0 saturated heterocycles. The predicted molar refractivity (Wildman–Crippen MR) is 70.8 cm³/mol. The Hall–Kier alpha value is -0.120. The third kappa shape index (κ3) is 3.01. The Bertz CT molecular complexity index is 236. The summed E-state index contributed by atoms with van der Waals surface area (Å²) in [4.78, 5) is 0. The molecule has 2 rings (SSSR count). The molecule has 0 aromatic heterocycles. The molecule has 3 heteroatoms. The predicted octanol–water partition coefficient (Wildman–Crippen LogP) is 1.64.